The number of sulfonamides is 1. The third kappa shape index (κ3) is 3.48. The average molecular weight is 323 g/mol. The molecule has 1 aliphatic rings. The van der Waals surface area contributed by atoms with E-state index in [9.17, 15) is 12.8 Å². The first-order valence-corrected chi connectivity index (χ1v) is 8.03. The molecule has 112 valence electrons. The third-order valence-corrected chi connectivity index (χ3v) is 4.73. The molecule has 1 fully saturated rings. The van der Waals surface area contributed by atoms with Gasteiger partial charge >= 0.3 is 0 Å². The van der Waals surface area contributed by atoms with Crippen molar-refractivity contribution in [3.8, 4) is 0 Å². The van der Waals surface area contributed by atoms with E-state index in [2.05, 4.69) is 10.0 Å². The molecular formula is C12H16ClFN2O3S. The van der Waals surface area contributed by atoms with E-state index in [0.717, 1.165) is 6.07 Å². The lowest BCUT2D eigenvalue weighted by molar-refractivity contribution is 0.192. The average Bonchev–Trinajstić information content (AvgIpc) is 2.85. The van der Waals surface area contributed by atoms with Gasteiger partial charge in [0.05, 0.1) is 6.61 Å². The van der Waals surface area contributed by atoms with Crippen molar-refractivity contribution in [2.45, 2.75) is 23.9 Å². The van der Waals surface area contributed by atoms with Crippen molar-refractivity contribution >= 4 is 21.6 Å². The van der Waals surface area contributed by atoms with Crippen molar-refractivity contribution in [3.05, 3.63) is 28.5 Å². The van der Waals surface area contributed by atoms with E-state index in [-0.39, 0.29) is 23.2 Å². The molecule has 1 aromatic carbocycles. The molecule has 0 aliphatic carbocycles. The Morgan fingerprint density at radius 3 is 2.85 bits per heavy atom. The van der Waals surface area contributed by atoms with Crippen LogP contribution in [0.3, 0.4) is 0 Å². The van der Waals surface area contributed by atoms with Gasteiger partial charge in [-0.3, -0.25) is 0 Å². The van der Waals surface area contributed by atoms with Gasteiger partial charge in [0.1, 0.15) is 10.7 Å². The molecule has 0 amide bonds. The highest BCUT2D eigenvalue weighted by atomic mass is 35.5. The topological polar surface area (TPSA) is 67.4 Å². The van der Waals surface area contributed by atoms with Gasteiger partial charge in [-0.2, -0.15) is 0 Å². The lowest BCUT2D eigenvalue weighted by Crippen LogP contribution is -2.35. The first-order chi connectivity index (χ1) is 9.44. The molecule has 0 bridgehead atoms. The Kier molecular flexibility index (Phi) is 4.98. The lowest BCUT2D eigenvalue weighted by Gasteiger charge is -2.14. The first kappa shape index (κ1) is 15.7. The number of hydrogen-bond donors (Lipinski definition) is 2. The zero-order valence-electron chi connectivity index (χ0n) is 10.9. The molecule has 1 heterocycles. The molecule has 20 heavy (non-hydrogen) atoms. The number of benzene rings is 1. The van der Waals surface area contributed by atoms with Gasteiger partial charge in [0.2, 0.25) is 10.0 Å². The van der Waals surface area contributed by atoms with Gasteiger partial charge in [-0.05, 0) is 25.6 Å². The predicted molar refractivity (Wildman–Crippen MR) is 73.7 cm³/mol. The molecule has 2 rings (SSSR count). The largest absolute Gasteiger partial charge is 0.380 e. The number of nitrogens with one attached hydrogen (secondary N) is 2. The van der Waals surface area contributed by atoms with E-state index in [4.69, 9.17) is 16.3 Å². The maximum Gasteiger partial charge on any atom is 0.243 e. The third-order valence-electron chi connectivity index (χ3n) is 2.99. The van der Waals surface area contributed by atoms with E-state index < -0.39 is 20.7 Å². The summed E-state index contributed by atoms with van der Waals surface area (Å²) in [6.07, 6.45) is 0.574. The van der Waals surface area contributed by atoms with Crippen LogP contribution < -0.4 is 10.0 Å². The smallest absolute Gasteiger partial charge is 0.243 e. The number of halogens is 2. The maximum atomic E-state index is 14.3. The highest BCUT2D eigenvalue weighted by Crippen LogP contribution is 2.24. The highest BCUT2D eigenvalue weighted by molar-refractivity contribution is 7.89. The Morgan fingerprint density at radius 1 is 1.50 bits per heavy atom. The van der Waals surface area contributed by atoms with E-state index in [1.807, 2.05) is 0 Å². The summed E-state index contributed by atoms with van der Waals surface area (Å²) >= 11 is 5.87. The molecular weight excluding hydrogens is 307 g/mol. The number of ether oxygens (including phenoxy) is 1. The van der Waals surface area contributed by atoms with Gasteiger partial charge in [0.15, 0.2) is 0 Å². The fourth-order valence-electron chi connectivity index (χ4n) is 2.04. The highest BCUT2D eigenvalue weighted by Gasteiger charge is 2.27. The normalized spacial score (nSPS) is 19.4. The molecule has 1 unspecified atom stereocenters. The van der Waals surface area contributed by atoms with Crippen LogP contribution in [0.2, 0.25) is 5.02 Å². The summed E-state index contributed by atoms with van der Waals surface area (Å²) in [5, 5.41) is 2.95. The van der Waals surface area contributed by atoms with Crippen LogP contribution in [0.4, 0.5) is 4.39 Å². The molecule has 0 aromatic heterocycles. The van der Waals surface area contributed by atoms with Crippen molar-refractivity contribution in [1.82, 2.24) is 10.0 Å². The minimum atomic E-state index is -3.95. The van der Waals surface area contributed by atoms with Crippen molar-refractivity contribution < 1.29 is 17.5 Å². The minimum absolute atomic E-state index is 0.180. The van der Waals surface area contributed by atoms with Gasteiger partial charge in [0, 0.05) is 29.8 Å². The first-order valence-electron chi connectivity index (χ1n) is 6.16. The summed E-state index contributed by atoms with van der Waals surface area (Å²) in [5.41, 5.74) is 0.211. The summed E-state index contributed by atoms with van der Waals surface area (Å²) < 4.78 is 46.3. The van der Waals surface area contributed by atoms with Crippen molar-refractivity contribution in [3.63, 3.8) is 0 Å². The van der Waals surface area contributed by atoms with E-state index >= 15 is 0 Å². The van der Waals surface area contributed by atoms with Gasteiger partial charge in [-0.25, -0.2) is 17.5 Å². The van der Waals surface area contributed by atoms with Crippen molar-refractivity contribution in [1.29, 1.82) is 0 Å². The molecule has 2 N–H and O–H groups in total. The molecule has 8 heteroatoms. The molecule has 0 radical (unpaired) electrons. The van der Waals surface area contributed by atoms with E-state index in [0.29, 0.717) is 19.6 Å². The zero-order valence-corrected chi connectivity index (χ0v) is 12.5. The quantitative estimate of drug-likeness (QED) is 0.856. The van der Waals surface area contributed by atoms with Gasteiger partial charge in [-0.15, -0.1) is 0 Å². The molecule has 1 aromatic rings. The molecule has 1 saturated heterocycles. The van der Waals surface area contributed by atoms with Crippen LogP contribution in [0.5, 0.6) is 0 Å². The molecule has 1 atom stereocenters. The summed E-state index contributed by atoms with van der Waals surface area (Å²) in [6.45, 7) is 0.989. The molecule has 5 nitrogen and oxygen atoms in total. The Labute approximate surface area is 122 Å². The molecule has 0 spiro atoms. The second-order valence-corrected chi connectivity index (χ2v) is 6.71. The lowest BCUT2D eigenvalue weighted by atomic mass is 10.2. The standard InChI is InChI=1S/C12H16ClFN2O3S/c1-15-6-8-4-9(13)5-11(12(8)14)20(17,18)16-10-2-3-19-7-10/h4-5,10,15-16H,2-3,6-7H2,1H3. The van der Waals surface area contributed by atoms with Crippen molar-refractivity contribution in [2.75, 3.05) is 20.3 Å². The fourth-order valence-corrected chi connectivity index (χ4v) is 3.75. The second-order valence-electron chi connectivity index (χ2n) is 4.59. The Hall–Kier alpha value is -0.730. The second kappa shape index (κ2) is 6.36. The zero-order chi connectivity index (χ0) is 14.8. The SMILES string of the molecule is CNCc1cc(Cl)cc(S(=O)(=O)NC2CCOC2)c1F. The molecule has 1 aliphatic heterocycles. The van der Waals surface area contributed by atoms with Crippen LogP contribution in [-0.4, -0.2) is 34.7 Å². The Balaban J connectivity index is 2.34. The summed E-state index contributed by atoms with van der Waals surface area (Å²) in [5.74, 6) is -0.782. The monoisotopic (exact) mass is 322 g/mol. The van der Waals surface area contributed by atoms with Crippen LogP contribution in [-0.2, 0) is 21.3 Å². The summed E-state index contributed by atoms with van der Waals surface area (Å²) in [4.78, 5) is -0.429. The van der Waals surface area contributed by atoms with Gasteiger partial charge < -0.3 is 10.1 Å². The van der Waals surface area contributed by atoms with Crippen molar-refractivity contribution in [2.24, 2.45) is 0 Å². The Bertz CT molecular complexity index is 589. The van der Waals surface area contributed by atoms with Crippen LogP contribution in [0.25, 0.3) is 0 Å². The van der Waals surface area contributed by atoms with E-state index in [1.54, 1.807) is 7.05 Å². The number of rotatable bonds is 5. The van der Waals surface area contributed by atoms with Gasteiger partial charge in [-0.1, -0.05) is 11.6 Å². The summed E-state index contributed by atoms with van der Waals surface area (Å²) in [6, 6.07) is 2.20. The van der Waals surface area contributed by atoms with Crippen LogP contribution in [0.1, 0.15) is 12.0 Å². The van der Waals surface area contributed by atoms with Gasteiger partial charge in [0.25, 0.3) is 0 Å². The Morgan fingerprint density at radius 2 is 2.25 bits per heavy atom. The molecule has 0 saturated carbocycles. The summed E-state index contributed by atoms with van der Waals surface area (Å²) in [7, 11) is -2.31. The van der Waals surface area contributed by atoms with E-state index in [1.165, 1.54) is 6.07 Å². The van der Waals surface area contributed by atoms with Crippen LogP contribution >= 0.6 is 11.6 Å². The minimum Gasteiger partial charge on any atom is -0.380 e. The fraction of sp³-hybridized carbons (Fsp3) is 0.500. The number of hydrogen-bond acceptors (Lipinski definition) is 4. The maximum absolute atomic E-state index is 14.3. The van der Waals surface area contributed by atoms with Crippen LogP contribution in [0, 0.1) is 5.82 Å². The predicted octanol–water partition coefficient (Wildman–Crippen LogP) is 1.27. The van der Waals surface area contributed by atoms with Crippen LogP contribution in [0.15, 0.2) is 17.0 Å².